The number of anilines is 2. The minimum Gasteiger partial charge on any atom is -0.374 e. The van der Waals surface area contributed by atoms with E-state index >= 15 is 0 Å². The van der Waals surface area contributed by atoms with Gasteiger partial charge in [0.25, 0.3) is 5.91 Å². The highest BCUT2D eigenvalue weighted by atomic mass is 79.9. The molecule has 5 nitrogen and oxygen atoms in total. The van der Waals surface area contributed by atoms with Gasteiger partial charge in [0.05, 0.1) is 6.21 Å². The molecular formula is C20H25BrN4O. The van der Waals surface area contributed by atoms with Gasteiger partial charge in [0, 0.05) is 28.9 Å². The quantitative estimate of drug-likeness (QED) is 0.499. The number of halogens is 1. The Kier molecular flexibility index (Phi) is 7.66. The highest BCUT2D eigenvalue weighted by Crippen LogP contribution is 2.15. The minimum atomic E-state index is -0.390. The van der Waals surface area contributed by atoms with Crippen molar-refractivity contribution in [1.29, 1.82) is 0 Å². The first kappa shape index (κ1) is 20.0. The van der Waals surface area contributed by atoms with Gasteiger partial charge in [-0.05, 0) is 62.7 Å². The summed E-state index contributed by atoms with van der Waals surface area (Å²) >= 11 is 3.39. The Bertz CT molecular complexity index is 724. The predicted molar refractivity (Wildman–Crippen MR) is 113 cm³/mol. The number of rotatable bonds is 8. The lowest BCUT2D eigenvalue weighted by Gasteiger charge is -2.20. The largest absolute Gasteiger partial charge is 0.374 e. The highest BCUT2D eigenvalue weighted by molar-refractivity contribution is 9.10. The molecule has 0 bridgehead atoms. The van der Waals surface area contributed by atoms with Crippen molar-refractivity contribution in [1.82, 2.24) is 5.43 Å². The number of carbonyl (C=O) groups excluding carboxylic acids is 1. The fraction of sp³-hybridized carbons (Fsp3) is 0.300. The summed E-state index contributed by atoms with van der Waals surface area (Å²) in [4.78, 5) is 14.4. The molecule has 2 rings (SSSR count). The molecule has 0 heterocycles. The maximum absolute atomic E-state index is 12.1. The van der Waals surface area contributed by atoms with Crippen molar-refractivity contribution in [2.75, 3.05) is 23.3 Å². The van der Waals surface area contributed by atoms with Crippen LogP contribution < -0.4 is 15.6 Å². The van der Waals surface area contributed by atoms with Crippen molar-refractivity contribution in [3.63, 3.8) is 0 Å². The molecule has 26 heavy (non-hydrogen) atoms. The number of amides is 1. The van der Waals surface area contributed by atoms with Crippen molar-refractivity contribution >= 4 is 39.4 Å². The van der Waals surface area contributed by atoms with Crippen LogP contribution in [0, 0.1) is 0 Å². The molecule has 0 radical (unpaired) electrons. The predicted octanol–water partition coefficient (Wildman–Crippen LogP) is 4.25. The number of nitrogens with one attached hydrogen (secondary N) is 2. The average Bonchev–Trinajstić information content (AvgIpc) is 2.65. The molecule has 0 fully saturated rings. The summed E-state index contributed by atoms with van der Waals surface area (Å²) in [5.74, 6) is -0.191. The molecule has 0 aliphatic rings. The Balaban J connectivity index is 1.86. The van der Waals surface area contributed by atoms with E-state index in [2.05, 4.69) is 62.7 Å². The lowest BCUT2D eigenvalue weighted by atomic mass is 10.2. The van der Waals surface area contributed by atoms with Gasteiger partial charge in [-0.2, -0.15) is 5.10 Å². The topological polar surface area (TPSA) is 56.7 Å². The van der Waals surface area contributed by atoms with Gasteiger partial charge < -0.3 is 10.2 Å². The standard InChI is InChI=1S/C20H25BrN4O/c1-4-25(5-2)19-12-6-16(7-13-19)14-22-24-20(26)15(3)23-18-10-8-17(21)9-11-18/h6-15,23H,4-5H2,1-3H3,(H,24,26)/b22-14-/t15-/m0/s1. The fourth-order valence-corrected chi connectivity index (χ4v) is 2.75. The fourth-order valence-electron chi connectivity index (χ4n) is 2.49. The molecule has 0 spiro atoms. The smallest absolute Gasteiger partial charge is 0.262 e. The van der Waals surface area contributed by atoms with Gasteiger partial charge in [-0.1, -0.05) is 28.1 Å². The highest BCUT2D eigenvalue weighted by Gasteiger charge is 2.11. The molecule has 2 aromatic carbocycles. The number of benzene rings is 2. The maximum atomic E-state index is 12.1. The van der Waals surface area contributed by atoms with Crippen LogP contribution in [0.2, 0.25) is 0 Å². The Labute approximate surface area is 163 Å². The molecule has 1 atom stereocenters. The van der Waals surface area contributed by atoms with E-state index in [1.165, 1.54) is 5.69 Å². The molecule has 0 saturated heterocycles. The van der Waals surface area contributed by atoms with Crippen molar-refractivity contribution in [2.45, 2.75) is 26.8 Å². The van der Waals surface area contributed by atoms with Crippen LogP contribution >= 0.6 is 15.9 Å². The maximum Gasteiger partial charge on any atom is 0.262 e. The lowest BCUT2D eigenvalue weighted by molar-refractivity contribution is -0.121. The summed E-state index contributed by atoms with van der Waals surface area (Å²) in [6, 6.07) is 15.4. The van der Waals surface area contributed by atoms with E-state index in [-0.39, 0.29) is 5.91 Å². The van der Waals surface area contributed by atoms with E-state index in [0.29, 0.717) is 0 Å². The number of hydrogen-bond donors (Lipinski definition) is 2. The molecule has 0 aliphatic carbocycles. The van der Waals surface area contributed by atoms with E-state index in [0.717, 1.165) is 28.8 Å². The molecular weight excluding hydrogens is 392 g/mol. The minimum absolute atomic E-state index is 0.191. The SMILES string of the molecule is CCN(CC)c1ccc(/C=N\NC(=O)[C@H](C)Nc2ccc(Br)cc2)cc1. The van der Waals surface area contributed by atoms with Crippen LogP contribution in [-0.2, 0) is 4.79 Å². The van der Waals surface area contributed by atoms with Crippen molar-refractivity contribution < 1.29 is 4.79 Å². The van der Waals surface area contributed by atoms with Crippen LogP contribution in [0.1, 0.15) is 26.3 Å². The second-order valence-electron chi connectivity index (χ2n) is 5.87. The van der Waals surface area contributed by atoms with Gasteiger partial charge in [0.1, 0.15) is 6.04 Å². The molecule has 0 aliphatic heterocycles. The summed E-state index contributed by atoms with van der Waals surface area (Å²) in [7, 11) is 0. The van der Waals surface area contributed by atoms with E-state index < -0.39 is 6.04 Å². The molecule has 2 aromatic rings. The average molecular weight is 417 g/mol. The molecule has 6 heteroatoms. The van der Waals surface area contributed by atoms with Gasteiger partial charge >= 0.3 is 0 Å². The number of nitrogens with zero attached hydrogens (tertiary/aromatic N) is 2. The molecule has 2 N–H and O–H groups in total. The number of carbonyl (C=O) groups is 1. The number of hydrazone groups is 1. The molecule has 0 saturated carbocycles. The van der Waals surface area contributed by atoms with Crippen molar-refractivity contribution in [3.8, 4) is 0 Å². The molecule has 0 aromatic heterocycles. The van der Waals surface area contributed by atoms with Gasteiger partial charge in [0.2, 0.25) is 0 Å². The molecule has 138 valence electrons. The first-order valence-corrected chi connectivity index (χ1v) is 9.52. The summed E-state index contributed by atoms with van der Waals surface area (Å²) in [5, 5.41) is 7.19. The van der Waals surface area contributed by atoms with Crippen LogP contribution in [0.4, 0.5) is 11.4 Å². The first-order chi connectivity index (χ1) is 12.5. The zero-order valence-electron chi connectivity index (χ0n) is 15.4. The Morgan fingerprint density at radius 1 is 1.12 bits per heavy atom. The molecule has 0 unspecified atom stereocenters. The Morgan fingerprint density at radius 3 is 2.31 bits per heavy atom. The van der Waals surface area contributed by atoms with E-state index in [4.69, 9.17) is 0 Å². The summed E-state index contributed by atoms with van der Waals surface area (Å²) in [5.41, 5.74) is 5.58. The summed E-state index contributed by atoms with van der Waals surface area (Å²) in [6.07, 6.45) is 1.65. The third-order valence-corrected chi connectivity index (χ3v) is 4.56. The Hall–Kier alpha value is -2.34. The van der Waals surface area contributed by atoms with E-state index in [1.807, 2.05) is 36.4 Å². The monoisotopic (exact) mass is 416 g/mol. The third kappa shape index (κ3) is 5.88. The first-order valence-electron chi connectivity index (χ1n) is 8.73. The van der Waals surface area contributed by atoms with Gasteiger partial charge in [-0.3, -0.25) is 4.79 Å². The van der Waals surface area contributed by atoms with E-state index in [1.54, 1.807) is 13.1 Å². The van der Waals surface area contributed by atoms with Crippen LogP contribution in [0.5, 0.6) is 0 Å². The van der Waals surface area contributed by atoms with Gasteiger partial charge in [-0.25, -0.2) is 5.43 Å². The zero-order chi connectivity index (χ0) is 18.9. The molecule has 1 amide bonds. The lowest BCUT2D eigenvalue weighted by Crippen LogP contribution is -2.34. The number of hydrogen-bond acceptors (Lipinski definition) is 4. The Morgan fingerprint density at radius 2 is 1.73 bits per heavy atom. The third-order valence-electron chi connectivity index (χ3n) is 4.03. The van der Waals surface area contributed by atoms with Crippen LogP contribution in [0.15, 0.2) is 58.1 Å². The normalized spacial score (nSPS) is 12.0. The van der Waals surface area contributed by atoms with Gasteiger partial charge in [-0.15, -0.1) is 0 Å². The summed E-state index contributed by atoms with van der Waals surface area (Å²) < 4.78 is 0.997. The van der Waals surface area contributed by atoms with E-state index in [9.17, 15) is 4.79 Å². The second-order valence-corrected chi connectivity index (χ2v) is 6.79. The second kappa shape index (κ2) is 9.97. The van der Waals surface area contributed by atoms with Crippen molar-refractivity contribution in [3.05, 3.63) is 58.6 Å². The van der Waals surface area contributed by atoms with Crippen LogP contribution in [0.25, 0.3) is 0 Å². The van der Waals surface area contributed by atoms with Crippen molar-refractivity contribution in [2.24, 2.45) is 5.10 Å². The summed E-state index contributed by atoms with van der Waals surface area (Å²) in [6.45, 7) is 8.02. The van der Waals surface area contributed by atoms with Crippen LogP contribution in [0.3, 0.4) is 0 Å². The zero-order valence-corrected chi connectivity index (χ0v) is 17.0. The van der Waals surface area contributed by atoms with Gasteiger partial charge in [0.15, 0.2) is 0 Å². The van der Waals surface area contributed by atoms with Crippen LogP contribution in [-0.4, -0.2) is 31.3 Å².